The maximum absolute atomic E-state index is 4.79. The van der Waals surface area contributed by atoms with Gasteiger partial charge in [-0.15, -0.1) is 0 Å². The monoisotopic (exact) mass is 260 g/mol. The van der Waals surface area contributed by atoms with Crippen LogP contribution in [0.25, 0.3) is 0 Å². The number of piperazine rings is 1. The van der Waals surface area contributed by atoms with E-state index >= 15 is 0 Å². The van der Waals surface area contributed by atoms with Gasteiger partial charge in [0.25, 0.3) is 0 Å². The predicted octanol–water partition coefficient (Wildman–Crippen LogP) is 2.19. The fraction of sp³-hybridized carbons (Fsp3) is 0.733. The average Bonchev–Trinajstić information content (AvgIpc) is 3.22. The molecule has 0 bridgehead atoms. The van der Waals surface area contributed by atoms with Gasteiger partial charge in [-0.05, 0) is 33.6 Å². The van der Waals surface area contributed by atoms with Gasteiger partial charge in [-0.25, -0.2) is 9.97 Å². The van der Waals surface area contributed by atoms with Crippen LogP contribution in [0, 0.1) is 6.92 Å². The molecule has 4 heteroatoms. The molecule has 104 valence electrons. The molecule has 0 N–H and O–H groups in total. The molecule has 1 saturated heterocycles. The quantitative estimate of drug-likeness (QED) is 0.834. The van der Waals surface area contributed by atoms with Crippen LogP contribution in [0.1, 0.15) is 44.1 Å². The molecule has 19 heavy (non-hydrogen) atoms. The van der Waals surface area contributed by atoms with E-state index in [1.807, 2.05) is 0 Å². The standard InChI is InChI=1S/C15H24N4/c1-11(2)18-6-8-19(9-7-18)14-10-12(3)16-15(17-14)13-4-5-13/h10-11,13H,4-9H2,1-3H3. The number of aromatic nitrogens is 2. The van der Waals surface area contributed by atoms with E-state index in [0.29, 0.717) is 12.0 Å². The minimum atomic E-state index is 0.635. The minimum absolute atomic E-state index is 0.635. The van der Waals surface area contributed by atoms with E-state index in [1.165, 1.54) is 12.8 Å². The van der Waals surface area contributed by atoms with Crippen molar-refractivity contribution in [3.8, 4) is 0 Å². The fourth-order valence-corrected chi connectivity index (χ4v) is 2.73. The third-order valence-electron chi connectivity index (χ3n) is 4.17. The average molecular weight is 260 g/mol. The van der Waals surface area contributed by atoms with Crippen molar-refractivity contribution in [3.05, 3.63) is 17.6 Å². The summed E-state index contributed by atoms with van der Waals surface area (Å²) >= 11 is 0. The lowest BCUT2D eigenvalue weighted by atomic mass is 10.2. The van der Waals surface area contributed by atoms with E-state index in [2.05, 4.69) is 41.6 Å². The van der Waals surface area contributed by atoms with Gasteiger partial charge in [-0.2, -0.15) is 0 Å². The van der Waals surface area contributed by atoms with Crippen LogP contribution in [-0.2, 0) is 0 Å². The molecule has 0 unspecified atom stereocenters. The Morgan fingerprint density at radius 3 is 2.37 bits per heavy atom. The van der Waals surface area contributed by atoms with Crippen molar-refractivity contribution in [2.24, 2.45) is 0 Å². The SMILES string of the molecule is Cc1cc(N2CCN(C(C)C)CC2)nc(C2CC2)n1. The summed E-state index contributed by atoms with van der Waals surface area (Å²) in [6.45, 7) is 11.1. The van der Waals surface area contributed by atoms with Crippen LogP contribution >= 0.6 is 0 Å². The van der Waals surface area contributed by atoms with Gasteiger partial charge in [0.1, 0.15) is 11.6 Å². The second-order valence-electron chi connectivity index (χ2n) is 6.12. The maximum atomic E-state index is 4.79. The predicted molar refractivity (Wildman–Crippen MR) is 77.7 cm³/mol. The highest BCUT2D eigenvalue weighted by Gasteiger charge is 2.28. The lowest BCUT2D eigenvalue weighted by Gasteiger charge is -2.37. The molecule has 2 fully saturated rings. The zero-order chi connectivity index (χ0) is 13.4. The van der Waals surface area contributed by atoms with E-state index in [1.54, 1.807) is 0 Å². The first-order chi connectivity index (χ1) is 9.13. The van der Waals surface area contributed by atoms with Crippen molar-refractivity contribution >= 4 is 5.82 Å². The first-order valence-electron chi connectivity index (χ1n) is 7.48. The molecule has 0 amide bonds. The molecule has 1 aliphatic heterocycles. The van der Waals surface area contributed by atoms with Gasteiger partial charge in [0.05, 0.1) is 0 Å². The van der Waals surface area contributed by atoms with Gasteiger partial charge < -0.3 is 4.90 Å². The van der Waals surface area contributed by atoms with Crippen LogP contribution in [0.5, 0.6) is 0 Å². The number of anilines is 1. The van der Waals surface area contributed by atoms with Crippen molar-refractivity contribution in [2.75, 3.05) is 31.1 Å². The minimum Gasteiger partial charge on any atom is -0.354 e. The molecule has 1 aliphatic carbocycles. The molecule has 2 heterocycles. The molecular formula is C15H24N4. The Morgan fingerprint density at radius 1 is 1.11 bits per heavy atom. The summed E-state index contributed by atoms with van der Waals surface area (Å²) in [6.07, 6.45) is 2.54. The van der Waals surface area contributed by atoms with E-state index in [4.69, 9.17) is 4.98 Å². The maximum Gasteiger partial charge on any atom is 0.134 e. The number of aryl methyl sites for hydroxylation is 1. The molecule has 1 saturated carbocycles. The molecule has 3 rings (SSSR count). The Balaban J connectivity index is 1.72. The summed E-state index contributed by atoms with van der Waals surface area (Å²) < 4.78 is 0. The first-order valence-corrected chi connectivity index (χ1v) is 7.48. The Kier molecular flexibility index (Phi) is 3.44. The smallest absolute Gasteiger partial charge is 0.134 e. The molecular weight excluding hydrogens is 236 g/mol. The number of hydrogen-bond donors (Lipinski definition) is 0. The number of hydrogen-bond acceptors (Lipinski definition) is 4. The van der Waals surface area contributed by atoms with Gasteiger partial charge in [0.15, 0.2) is 0 Å². The lowest BCUT2D eigenvalue weighted by molar-refractivity contribution is 0.209. The highest BCUT2D eigenvalue weighted by atomic mass is 15.3. The highest BCUT2D eigenvalue weighted by Crippen LogP contribution is 2.38. The first kappa shape index (κ1) is 12.9. The van der Waals surface area contributed by atoms with E-state index in [-0.39, 0.29) is 0 Å². The van der Waals surface area contributed by atoms with E-state index in [9.17, 15) is 0 Å². The normalized spacial score (nSPS) is 21.2. The molecule has 1 aromatic rings. The van der Waals surface area contributed by atoms with Crippen LogP contribution in [-0.4, -0.2) is 47.1 Å². The molecule has 0 aromatic carbocycles. The summed E-state index contributed by atoms with van der Waals surface area (Å²) in [6, 6.07) is 2.79. The number of rotatable bonds is 3. The van der Waals surface area contributed by atoms with Crippen LogP contribution in [0.15, 0.2) is 6.07 Å². The topological polar surface area (TPSA) is 32.3 Å². The molecule has 0 radical (unpaired) electrons. The van der Waals surface area contributed by atoms with E-state index < -0.39 is 0 Å². The van der Waals surface area contributed by atoms with Crippen molar-refractivity contribution < 1.29 is 0 Å². The second kappa shape index (κ2) is 5.08. The molecule has 1 aromatic heterocycles. The van der Waals surface area contributed by atoms with Crippen LogP contribution in [0.2, 0.25) is 0 Å². The third-order valence-corrected chi connectivity index (χ3v) is 4.17. The summed E-state index contributed by atoms with van der Waals surface area (Å²) in [5.41, 5.74) is 1.11. The van der Waals surface area contributed by atoms with E-state index in [0.717, 1.165) is 43.5 Å². The molecule has 4 nitrogen and oxygen atoms in total. The van der Waals surface area contributed by atoms with Crippen molar-refractivity contribution in [1.82, 2.24) is 14.9 Å². The lowest BCUT2D eigenvalue weighted by Crippen LogP contribution is -2.49. The van der Waals surface area contributed by atoms with Gasteiger partial charge in [-0.1, -0.05) is 0 Å². The largest absolute Gasteiger partial charge is 0.354 e. The zero-order valence-corrected chi connectivity index (χ0v) is 12.3. The second-order valence-corrected chi connectivity index (χ2v) is 6.12. The van der Waals surface area contributed by atoms with Gasteiger partial charge in [0, 0.05) is 49.9 Å². The highest BCUT2D eigenvalue weighted by molar-refractivity contribution is 5.41. The van der Waals surface area contributed by atoms with Gasteiger partial charge in [0.2, 0.25) is 0 Å². The van der Waals surface area contributed by atoms with Crippen molar-refractivity contribution in [2.45, 2.75) is 45.6 Å². The Labute approximate surface area is 115 Å². The van der Waals surface area contributed by atoms with Gasteiger partial charge in [-0.3, -0.25) is 4.90 Å². The summed E-state index contributed by atoms with van der Waals surface area (Å²) in [5, 5.41) is 0. The van der Waals surface area contributed by atoms with Crippen molar-refractivity contribution in [3.63, 3.8) is 0 Å². The van der Waals surface area contributed by atoms with Gasteiger partial charge >= 0.3 is 0 Å². The Morgan fingerprint density at radius 2 is 1.79 bits per heavy atom. The number of nitrogens with zero attached hydrogens (tertiary/aromatic N) is 4. The van der Waals surface area contributed by atoms with Crippen molar-refractivity contribution in [1.29, 1.82) is 0 Å². The molecule has 0 atom stereocenters. The van der Waals surface area contributed by atoms with Crippen LogP contribution in [0.4, 0.5) is 5.82 Å². The third kappa shape index (κ3) is 2.89. The molecule has 0 spiro atoms. The summed E-state index contributed by atoms with van der Waals surface area (Å²) in [7, 11) is 0. The fourth-order valence-electron chi connectivity index (χ4n) is 2.73. The zero-order valence-electron chi connectivity index (χ0n) is 12.3. The Hall–Kier alpha value is -1.16. The van der Waals surface area contributed by atoms with Crippen LogP contribution < -0.4 is 4.90 Å². The van der Waals surface area contributed by atoms with Crippen LogP contribution in [0.3, 0.4) is 0 Å². The summed E-state index contributed by atoms with van der Waals surface area (Å²) in [5.74, 6) is 2.84. The summed E-state index contributed by atoms with van der Waals surface area (Å²) in [4.78, 5) is 14.3. The molecule has 2 aliphatic rings. The Bertz CT molecular complexity index is 445.